The highest BCUT2D eigenvalue weighted by molar-refractivity contribution is 5.94. The summed E-state index contributed by atoms with van der Waals surface area (Å²) in [6, 6.07) is 13.5. The summed E-state index contributed by atoms with van der Waals surface area (Å²) < 4.78 is 19.3. The summed E-state index contributed by atoms with van der Waals surface area (Å²) in [6.07, 6.45) is 6.60. The Balaban J connectivity index is 1.36. The quantitative estimate of drug-likeness (QED) is 0.690. The Morgan fingerprint density at radius 3 is 2.61 bits per heavy atom. The number of halogens is 1. The average Bonchev–Trinajstić information content (AvgIpc) is 2.75. The van der Waals surface area contributed by atoms with Crippen LogP contribution in [0.15, 0.2) is 67.1 Å². The van der Waals surface area contributed by atoms with Crippen LogP contribution in [0.5, 0.6) is 5.75 Å². The maximum atomic E-state index is 13.4. The standard InChI is InChI=1S/C22H20FN3O2/c23-18-4-1-3-16(13-18)21-7-6-17(14-25-21)22(27)26-11-8-19(9-12-26)28-20-5-2-10-24-15-20/h1-7,10,13-15,19H,8-9,11-12H2. The van der Waals surface area contributed by atoms with E-state index < -0.39 is 0 Å². The van der Waals surface area contributed by atoms with Gasteiger partial charge in [-0.3, -0.25) is 14.8 Å². The van der Waals surface area contributed by atoms with Gasteiger partial charge in [0.25, 0.3) is 5.91 Å². The molecule has 1 saturated heterocycles. The zero-order chi connectivity index (χ0) is 19.3. The van der Waals surface area contributed by atoms with Gasteiger partial charge in [0, 0.05) is 43.9 Å². The van der Waals surface area contributed by atoms with Crippen LogP contribution < -0.4 is 4.74 Å². The van der Waals surface area contributed by atoms with Gasteiger partial charge >= 0.3 is 0 Å². The first kappa shape index (κ1) is 18.1. The van der Waals surface area contributed by atoms with E-state index in [2.05, 4.69) is 9.97 Å². The fourth-order valence-corrected chi connectivity index (χ4v) is 3.31. The molecule has 1 amide bonds. The molecule has 1 fully saturated rings. The summed E-state index contributed by atoms with van der Waals surface area (Å²) >= 11 is 0. The minimum atomic E-state index is -0.309. The number of ether oxygens (including phenoxy) is 1. The Kier molecular flexibility index (Phi) is 5.28. The lowest BCUT2D eigenvalue weighted by molar-refractivity contribution is 0.0594. The van der Waals surface area contributed by atoms with E-state index in [1.165, 1.54) is 12.1 Å². The van der Waals surface area contributed by atoms with Crippen molar-refractivity contribution in [3.05, 3.63) is 78.5 Å². The van der Waals surface area contributed by atoms with Crippen LogP contribution in [-0.2, 0) is 0 Å². The fourth-order valence-electron chi connectivity index (χ4n) is 3.31. The molecular formula is C22H20FN3O2. The van der Waals surface area contributed by atoms with E-state index in [9.17, 15) is 9.18 Å². The largest absolute Gasteiger partial charge is 0.489 e. The molecule has 0 spiro atoms. The highest BCUT2D eigenvalue weighted by Crippen LogP contribution is 2.21. The van der Waals surface area contributed by atoms with Gasteiger partial charge < -0.3 is 9.64 Å². The number of hydrogen-bond donors (Lipinski definition) is 0. The molecule has 5 nitrogen and oxygen atoms in total. The van der Waals surface area contributed by atoms with Crippen molar-refractivity contribution in [2.24, 2.45) is 0 Å². The number of amides is 1. The van der Waals surface area contributed by atoms with E-state index in [0.29, 0.717) is 29.9 Å². The van der Waals surface area contributed by atoms with Crippen LogP contribution in [0.1, 0.15) is 23.2 Å². The van der Waals surface area contributed by atoms with Crippen LogP contribution >= 0.6 is 0 Å². The zero-order valence-electron chi connectivity index (χ0n) is 15.3. The highest BCUT2D eigenvalue weighted by Gasteiger charge is 2.25. The van der Waals surface area contributed by atoms with E-state index in [0.717, 1.165) is 18.6 Å². The van der Waals surface area contributed by atoms with Crippen molar-refractivity contribution in [3.8, 4) is 17.0 Å². The van der Waals surface area contributed by atoms with Crippen LogP contribution in [-0.4, -0.2) is 40.0 Å². The maximum absolute atomic E-state index is 13.4. The molecule has 0 aliphatic carbocycles. The number of likely N-dealkylation sites (tertiary alicyclic amines) is 1. The third-order valence-electron chi connectivity index (χ3n) is 4.80. The summed E-state index contributed by atoms with van der Waals surface area (Å²) in [7, 11) is 0. The number of nitrogens with zero attached hydrogens (tertiary/aromatic N) is 3. The monoisotopic (exact) mass is 377 g/mol. The molecule has 4 rings (SSSR count). The molecule has 1 aromatic carbocycles. The van der Waals surface area contributed by atoms with Gasteiger partial charge in [0.15, 0.2) is 0 Å². The lowest BCUT2D eigenvalue weighted by atomic mass is 10.1. The van der Waals surface area contributed by atoms with Crippen LogP contribution in [0.3, 0.4) is 0 Å². The molecule has 0 atom stereocenters. The first-order chi connectivity index (χ1) is 13.7. The molecule has 1 aliphatic heterocycles. The SMILES string of the molecule is O=C(c1ccc(-c2cccc(F)c2)nc1)N1CCC(Oc2cccnc2)CC1. The topological polar surface area (TPSA) is 55.3 Å². The van der Waals surface area contributed by atoms with Crippen LogP contribution in [0.25, 0.3) is 11.3 Å². The minimum absolute atomic E-state index is 0.0434. The van der Waals surface area contributed by atoms with Crippen molar-refractivity contribution in [2.75, 3.05) is 13.1 Å². The summed E-state index contributed by atoms with van der Waals surface area (Å²) in [5.41, 5.74) is 1.86. The van der Waals surface area contributed by atoms with Gasteiger partial charge in [-0.25, -0.2) is 4.39 Å². The molecule has 0 saturated carbocycles. The number of pyridine rings is 2. The van der Waals surface area contributed by atoms with Crippen LogP contribution in [0, 0.1) is 5.82 Å². The number of benzene rings is 1. The third-order valence-corrected chi connectivity index (χ3v) is 4.80. The predicted octanol–water partition coefficient (Wildman–Crippen LogP) is 3.97. The molecular weight excluding hydrogens is 357 g/mol. The molecule has 142 valence electrons. The molecule has 6 heteroatoms. The second-order valence-corrected chi connectivity index (χ2v) is 6.74. The summed E-state index contributed by atoms with van der Waals surface area (Å²) in [6.45, 7) is 1.27. The van der Waals surface area contributed by atoms with Crippen LogP contribution in [0.4, 0.5) is 4.39 Å². The Hall–Kier alpha value is -3.28. The summed E-state index contributed by atoms with van der Waals surface area (Å²) in [5.74, 6) is 0.401. The number of carbonyl (C=O) groups is 1. The molecule has 3 heterocycles. The fraction of sp³-hybridized carbons (Fsp3) is 0.227. The molecule has 0 N–H and O–H groups in total. The van der Waals surface area contributed by atoms with Gasteiger partial charge in [-0.15, -0.1) is 0 Å². The minimum Gasteiger partial charge on any atom is -0.489 e. The number of rotatable bonds is 4. The first-order valence-corrected chi connectivity index (χ1v) is 9.27. The Bertz CT molecular complexity index is 940. The van der Waals surface area contributed by atoms with Crippen molar-refractivity contribution < 1.29 is 13.9 Å². The smallest absolute Gasteiger partial charge is 0.255 e. The Morgan fingerprint density at radius 2 is 1.93 bits per heavy atom. The molecule has 1 aliphatic rings. The van der Waals surface area contributed by atoms with E-state index >= 15 is 0 Å². The Morgan fingerprint density at radius 1 is 1.07 bits per heavy atom. The van der Waals surface area contributed by atoms with Gasteiger partial charge in [-0.2, -0.15) is 0 Å². The van der Waals surface area contributed by atoms with Gasteiger partial charge in [0.05, 0.1) is 17.5 Å². The van der Waals surface area contributed by atoms with E-state index in [1.807, 2.05) is 17.0 Å². The zero-order valence-corrected chi connectivity index (χ0v) is 15.3. The van der Waals surface area contributed by atoms with Crippen molar-refractivity contribution in [3.63, 3.8) is 0 Å². The van der Waals surface area contributed by atoms with Crippen molar-refractivity contribution >= 4 is 5.91 Å². The van der Waals surface area contributed by atoms with Crippen LogP contribution in [0.2, 0.25) is 0 Å². The van der Waals surface area contributed by atoms with E-state index in [4.69, 9.17) is 4.74 Å². The van der Waals surface area contributed by atoms with Gasteiger partial charge in [0.1, 0.15) is 17.7 Å². The van der Waals surface area contributed by atoms with Crippen molar-refractivity contribution in [1.82, 2.24) is 14.9 Å². The second-order valence-electron chi connectivity index (χ2n) is 6.74. The Labute approximate surface area is 162 Å². The van der Waals surface area contributed by atoms with Gasteiger partial charge in [-0.1, -0.05) is 12.1 Å². The summed E-state index contributed by atoms with van der Waals surface area (Å²) in [4.78, 5) is 22.9. The third kappa shape index (κ3) is 4.17. The number of hydrogen-bond acceptors (Lipinski definition) is 4. The van der Waals surface area contributed by atoms with Gasteiger partial charge in [-0.05, 0) is 36.4 Å². The van der Waals surface area contributed by atoms with Gasteiger partial charge in [0.2, 0.25) is 0 Å². The molecule has 3 aromatic rings. The average molecular weight is 377 g/mol. The van der Waals surface area contributed by atoms with E-state index in [-0.39, 0.29) is 17.8 Å². The molecule has 0 radical (unpaired) electrons. The number of carbonyl (C=O) groups excluding carboxylic acids is 1. The lowest BCUT2D eigenvalue weighted by Crippen LogP contribution is -2.41. The normalized spacial score (nSPS) is 14.7. The second kappa shape index (κ2) is 8.17. The number of aromatic nitrogens is 2. The molecule has 0 unspecified atom stereocenters. The maximum Gasteiger partial charge on any atom is 0.255 e. The first-order valence-electron chi connectivity index (χ1n) is 9.27. The number of piperidine rings is 1. The molecule has 28 heavy (non-hydrogen) atoms. The lowest BCUT2D eigenvalue weighted by Gasteiger charge is -2.32. The highest BCUT2D eigenvalue weighted by atomic mass is 19.1. The van der Waals surface area contributed by atoms with Crippen molar-refractivity contribution in [2.45, 2.75) is 18.9 Å². The van der Waals surface area contributed by atoms with E-state index in [1.54, 1.807) is 42.9 Å². The molecule has 0 bridgehead atoms. The summed E-state index contributed by atoms with van der Waals surface area (Å²) in [5, 5.41) is 0. The predicted molar refractivity (Wildman–Crippen MR) is 103 cm³/mol. The molecule has 2 aromatic heterocycles. The van der Waals surface area contributed by atoms with Crippen molar-refractivity contribution in [1.29, 1.82) is 0 Å².